The molecule has 1 aromatic rings. The first kappa shape index (κ1) is 13.7. The summed E-state index contributed by atoms with van der Waals surface area (Å²) in [4.78, 5) is 27.1. The number of rotatable bonds is 3. The zero-order valence-electron chi connectivity index (χ0n) is 10.7. The van der Waals surface area contributed by atoms with Crippen molar-refractivity contribution in [3.63, 3.8) is 0 Å². The van der Waals surface area contributed by atoms with Crippen LogP contribution in [0.2, 0.25) is 0 Å². The molecule has 2 rings (SSSR count). The highest BCUT2D eigenvalue weighted by atomic mass is 16.6. The molecule has 0 aromatic carbocycles. The standard InChI is InChI=1S/C12H12N4O4/c1-7-5-15(6-9(7)12(17)18)11-10(16(19)20)8(4-13)2-3-14-11/h2-3,7,9H,5-6H2,1H3,(H,17,18)/t7-,9-/m1/s1. The number of anilines is 1. The predicted molar refractivity (Wildman–Crippen MR) is 68.1 cm³/mol. The SMILES string of the molecule is C[C@@H]1CN(c2nccc(C#N)c2[N+](=O)[O-])C[C@H]1C(=O)O. The van der Waals surface area contributed by atoms with Crippen LogP contribution in [-0.4, -0.2) is 34.1 Å². The van der Waals surface area contributed by atoms with Crippen molar-refractivity contribution < 1.29 is 14.8 Å². The minimum atomic E-state index is -0.931. The van der Waals surface area contributed by atoms with E-state index in [-0.39, 0.29) is 29.5 Å². The lowest BCUT2D eigenvalue weighted by molar-refractivity contribution is -0.384. The normalized spacial score (nSPS) is 21.5. The Balaban J connectivity index is 2.43. The number of aromatic nitrogens is 1. The Morgan fingerprint density at radius 2 is 2.35 bits per heavy atom. The Bertz CT molecular complexity index is 610. The van der Waals surface area contributed by atoms with E-state index in [1.165, 1.54) is 12.3 Å². The fourth-order valence-electron chi connectivity index (χ4n) is 2.41. The molecule has 104 valence electrons. The van der Waals surface area contributed by atoms with Crippen molar-refractivity contribution in [2.24, 2.45) is 11.8 Å². The maximum atomic E-state index is 11.1. The number of aliphatic carboxylic acids is 1. The number of carboxylic acids is 1. The summed E-state index contributed by atoms with van der Waals surface area (Å²) in [5.74, 6) is -1.61. The fourth-order valence-corrected chi connectivity index (χ4v) is 2.41. The van der Waals surface area contributed by atoms with Crippen LogP contribution < -0.4 is 4.90 Å². The highest BCUT2D eigenvalue weighted by molar-refractivity contribution is 5.74. The van der Waals surface area contributed by atoms with Gasteiger partial charge in [0, 0.05) is 19.3 Å². The number of carboxylic acid groups (broad SMARTS) is 1. The summed E-state index contributed by atoms with van der Waals surface area (Å²) in [6, 6.07) is 3.03. The lowest BCUT2D eigenvalue weighted by Crippen LogP contribution is -2.24. The van der Waals surface area contributed by atoms with Crippen molar-refractivity contribution in [2.75, 3.05) is 18.0 Å². The minimum absolute atomic E-state index is 0.0599. The summed E-state index contributed by atoms with van der Waals surface area (Å²) in [5.41, 5.74) is -0.445. The Morgan fingerprint density at radius 3 is 2.85 bits per heavy atom. The summed E-state index contributed by atoms with van der Waals surface area (Å²) >= 11 is 0. The number of hydrogen-bond acceptors (Lipinski definition) is 6. The molecule has 0 amide bonds. The Morgan fingerprint density at radius 1 is 1.65 bits per heavy atom. The molecule has 1 N–H and O–H groups in total. The second-order valence-corrected chi connectivity index (χ2v) is 4.73. The van der Waals surface area contributed by atoms with E-state index in [0.717, 1.165) is 0 Å². The monoisotopic (exact) mass is 276 g/mol. The smallest absolute Gasteiger partial charge is 0.329 e. The predicted octanol–water partition coefficient (Wildman–Crippen LogP) is 1.02. The zero-order valence-corrected chi connectivity index (χ0v) is 10.7. The maximum Gasteiger partial charge on any atom is 0.329 e. The number of hydrogen-bond donors (Lipinski definition) is 1. The van der Waals surface area contributed by atoms with Crippen molar-refractivity contribution in [1.29, 1.82) is 5.26 Å². The van der Waals surface area contributed by atoms with Gasteiger partial charge < -0.3 is 10.0 Å². The summed E-state index contributed by atoms with van der Waals surface area (Å²) in [6.07, 6.45) is 1.32. The van der Waals surface area contributed by atoms with Crippen LogP contribution in [0.4, 0.5) is 11.5 Å². The molecular weight excluding hydrogens is 264 g/mol. The van der Waals surface area contributed by atoms with Crippen LogP contribution >= 0.6 is 0 Å². The average molecular weight is 276 g/mol. The van der Waals surface area contributed by atoms with Gasteiger partial charge >= 0.3 is 11.7 Å². The van der Waals surface area contributed by atoms with Gasteiger partial charge in [0.15, 0.2) is 0 Å². The van der Waals surface area contributed by atoms with Gasteiger partial charge in [0.2, 0.25) is 5.82 Å². The van der Waals surface area contributed by atoms with E-state index in [2.05, 4.69) is 4.98 Å². The molecular formula is C12H12N4O4. The first-order valence-corrected chi connectivity index (χ1v) is 5.97. The molecule has 0 aliphatic carbocycles. The molecule has 1 aromatic heterocycles. The van der Waals surface area contributed by atoms with Crippen molar-refractivity contribution in [3.05, 3.63) is 27.9 Å². The Kier molecular flexibility index (Phi) is 3.52. The minimum Gasteiger partial charge on any atom is -0.481 e. The maximum absolute atomic E-state index is 11.1. The molecule has 1 aliphatic rings. The van der Waals surface area contributed by atoms with Gasteiger partial charge in [-0.15, -0.1) is 0 Å². The molecule has 1 aliphatic heterocycles. The van der Waals surface area contributed by atoms with E-state index in [1.54, 1.807) is 17.9 Å². The number of nitrogens with zero attached hydrogens (tertiary/aromatic N) is 4. The molecule has 1 saturated heterocycles. The van der Waals surface area contributed by atoms with Crippen molar-refractivity contribution in [3.8, 4) is 6.07 Å². The van der Waals surface area contributed by atoms with Crippen LogP contribution in [0.25, 0.3) is 0 Å². The molecule has 0 saturated carbocycles. The number of nitriles is 1. The van der Waals surface area contributed by atoms with Crippen LogP contribution in [0, 0.1) is 33.3 Å². The van der Waals surface area contributed by atoms with E-state index in [1.807, 2.05) is 0 Å². The number of nitro groups is 1. The van der Waals surface area contributed by atoms with Crippen LogP contribution in [0.3, 0.4) is 0 Å². The lowest BCUT2D eigenvalue weighted by atomic mass is 9.99. The van der Waals surface area contributed by atoms with Crippen molar-refractivity contribution >= 4 is 17.5 Å². The fraction of sp³-hybridized carbons (Fsp3) is 0.417. The quantitative estimate of drug-likeness (QED) is 0.646. The Hall–Kier alpha value is -2.69. The molecule has 8 nitrogen and oxygen atoms in total. The Labute approximate surface area is 114 Å². The summed E-state index contributed by atoms with van der Waals surface area (Å²) < 4.78 is 0. The van der Waals surface area contributed by atoms with Crippen LogP contribution in [0.5, 0.6) is 0 Å². The first-order chi connectivity index (χ1) is 9.45. The molecule has 8 heteroatoms. The summed E-state index contributed by atoms with van der Waals surface area (Å²) in [6.45, 7) is 2.29. The van der Waals surface area contributed by atoms with Gasteiger partial charge in [-0.25, -0.2) is 4.98 Å². The first-order valence-electron chi connectivity index (χ1n) is 5.97. The molecule has 0 radical (unpaired) electrons. The molecule has 2 heterocycles. The third-order valence-corrected chi connectivity index (χ3v) is 3.44. The molecule has 0 bridgehead atoms. The summed E-state index contributed by atoms with van der Waals surface area (Å²) in [7, 11) is 0. The molecule has 2 atom stereocenters. The second kappa shape index (κ2) is 5.13. The number of carbonyl (C=O) groups is 1. The van der Waals surface area contributed by atoms with Gasteiger partial charge in [-0.2, -0.15) is 5.26 Å². The van der Waals surface area contributed by atoms with Crippen LogP contribution in [-0.2, 0) is 4.79 Å². The van der Waals surface area contributed by atoms with Gasteiger partial charge in [0.05, 0.1) is 10.8 Å². The van der Waals surface area contributed by atoms with Gasteiger partial charge in [-0.1, -0.05) is 6.92 Å². The van der Waals surface area contributed by atoms with Crippen molar-refractivity contribution in [2.45, 2.75) is 6.92 Å². The van der Waals surface area contributed by atoms with E-state index >= 15 is 0 Å². The van der Waals surface area contributed by atoms with Gasteiger partial charge in [-0.3, -0.25) is 14.9 Å². The average Bonchev–Trinajstić information content (AvgIpc) is 2.79. The van der Waals surface area contributed by atoms with E-state index < -0.39 is 16.8 Å². The molecule has 1 fully saturated rings. The lowest BCUT2D eigenvalue weighted by Gasteiger charge is -2.16. The van der Waals surface area contributed by atoms with Crippen LogP contribution in [0.15, 0.2) is 12.3 Å². The van der Waals surface area contributed by atoms with E-state index in [9.17, 15) is 14.9 Å². The van der Waals surface area contributed by atoms with Crippen LogP contribution in [0.1, 0.15) is 12.5 Å². The highest BCUT2D eigenvalue weighted by Gasteiger charge is 2.38. The topological polar surface area (TPSA) is 120 Å². The molecule has 20 heavy (non-hydrogen) atoms. The third kappa shape index (κ3) is 2.25. The zero-order chi connectivity index (χ0) is 14.9. The van der Waals surface area contributed by atoms with E-state index in [4.69, 9.17) is 10.4 Å². The van der Waals surface area contributed by atoms with Gasteiger partial charge in [-0.05, 0) is 12.0 Å². The van der Waals surface area contributed by atoms with Crippen molar-refractivity contribution in [1.82, 2.24) is 4.98 Å². The van der Waals surface area contributed by atoms with Gasteiger partial charge in [0.25, 0.3) is 0 Å². The molecule has 0 spiro atoms. The highest BCUT2D eigenvalue weighted by Crippen LogP contribution is 2.34. The van der Waals surface area contributed by atoms with E-state index in [0.29, 0.717) is 6.54 Å². The largest absolute Gasteiger partial charge is 0.481 e. The number of pyridine rings is 1. The summed E-state index contributed by atoms with van der Waals surface area (Å²) in [5, 5.41) is 29.2. The second-order valence-electron chi connectivity index (χ2n) is 4.73. The molecule has 0 unspecified atom stereocenters. The van der Waals surface area contributed by atoms with Gasteiger partial charge in [0.1, 0.15) is 11.6 Å². The third-order valence-electron chi connectivity index (χ3n) is 3.44.